The molecule has 128 valence electrons. The Kier molecular flexibility index (Phi) is 4.69. The Bertz CT molecular complexity index is 640. The Morgan fingerprint density at radius 1 is 1.08 bits per heavy atom. The van der Waals surface area contributed by atoms with E-state index in [0.717, 1.165) is 25.7 Å². The first-order chi connectivity index (χ1) is 11.5. The van der Waals surface area contributed by atoms with Crippen LogP contribution in [0.25, 0.3) is 0 Å². The molecule has 0 spiro atoms. The highest BCUT2D eigenvalue weighted by atomic mass is 16.2. The molecule has 0 aromatic heterocycles. The van der Waals surface area contributed by atoms with Crippen LogP contribution in [0, 0.1) is 5.92 Å². The second kappa shape index (κ2) is 6.90. The fraction of sp³-hybridized carbons (Fsp3) is 0.471. The summed E-state index contributed by atoms with van der Waals surface area (Å²) in [4.78, 5) is 37.3. The van der Waals surface area contributed by atoms with Crippen LogP contribution in [-0.4, -0.2) is 41.9 Å². The molecule has 0 radical (unpaired) electrons. The normalized spacial score (nSPS) is 20.3. The Hall–Kier alpha value is -2.57. The van der Waals surface area contributed by atoms with Crippen LogP contribution in [0.2, 0.25) is 0 Å². The number of carbonyl (C=O) groups excluding carboxylic acids is 3. The minimum atomic E-state index is -0.502. The summed E-state index contributed by atoms with van der Waals surface area (Å²) in [6.07, 6.45) is 3.67. The molecule has 0 unspecified atom stereocenters. The van der Waals surface area contributed by atoms with Gasteiger partial charge in [0.05, 0.1) is 5.92 Å². The van der Waals surface area contributed by atoms with Gasteiger partial charge in [-0.05, 0) is 49.9 Å². The van der Waals surface area contributed by atoms with E-state index in [1.807, 2.05) is 0 Å². The molecule has 4 amide bonds. The van der Waals surface area contributed by atoms with Crippen molar-refractivity contribution in [3.05, 3.63) is 29.8 Å². The number of anilines is 1. The molecule has 24 heavy (non-hydrogen) atoms. The standard InChI is InChI=1S/C17H22N4O3/c18-15(22)11-3-5-13(6-4-11)19-16(23)12-2-1-9-21(10-12)17(24)20-14-7-8-14/h3-6,12,14H,1-2,7-10H2,(H2,18,22)(H,19,23)(H,20,24)/t12-/m0/s1. The minimum Gasteiger partial charge on any atom is -0.366 e. The number of nitrogens with two attached hydrogens (primary N) is 1. The molecular formula is C17H22N4O3. The van der Waals surface area contributed by atoms with E-state index in [-0.39, 0.29) is 17.9 Å². The first-order valence-electron chi connectivity index (χ1n) is 8.29. The van der Waals surface area contributed by atoms with E-state index in [1.165, 1.54) is 0 Å². The van der Waals surface area contributed by atoms with Crippen molar-refractivity contribution in [2.24, 2.45) is 11.7 Å². The van der Waals surface area contributed by atoms with Crippen molar-refractivity contribution in [2.45, 2.75) is 31.7 Å². The van der Waals surface area contributed by atoms with Gasteiger partial charge in [0.1, 0.15) is 0 Å². The number of likely N-dealkylation sites (tertiary alicyclic amines) is 1. The fourth-order valence-electron chi connectivity index (χ4n) is 2.83. The third kappa shape index (κ3) is 4.04. The van der Waals surface area contributed by atoms with Crippen LogP contribution in [0.3, 0.4) is 0 Å². The first kappa shape index (κ1) is 16.3. The molecule has 1 aliphatic carbocycles. The zero-order chi connectivity index (χ0) is 17.1. The third-order valence-corrected chi connectivity index (χ3v) is 4.42. The van der Waals surface area contributed by atoms with Gasteiger partial charge in [0.15, 0.2) is 0 Å². The summed E-state index contributed by atoms with van der Waals surface area (Å²) in [5.41, 5.74) is 6.21. The van der Waals surface area contributed by atoms with E-state index in [4.69, 9.17) is 5.73 Å². The predicted molar refractivity (Wildman–Crippen MR) is 89.4 cm³/mol. The first-order valence-corrected chi connectivity index (χ1v) is 8.29. The number of urea groups is 1. The third-order valence-electron chi connectivity index (χ3n) is 4.42. The molecule has 1 saturated heterocycles. The van der Waals surface area contributed by atoms with Crippen molar-refractivity contribution in [3.8, 4) is 0 Å². The van der Waals surface area contributed by atoms with Crippen molar-refractivity contribution in [1.29, 1.82) is 0 Å². The number of piperidine rings is 1. The molecular weight excluding hydrogens is 308 g/mol. The highest BCUT2D eigenvalue weighted by Crippen LogP contribution is 2.22. The van der Waals surface area contributed by atoms with Gasteiger partial charge in [0, 0.05) is 30.4 Å². The van der Waals surface area contributed by atoms with E-state index in [9.17, 15) is 14.4 Å². The second-order valence-electron chi connectivity index (χ2n) is 6.44. The Balaban J connectivity index is 1.55. The highest BCUT2D eigenvalue weighted by Gasteiger charge is 2.31. The SMILES string of the molecule is NC(=O)c1ccc(NC(=O)[C@H]2CCCN(C(=O)NC3CC3)C2)cc1. The van der Waals surface area contributed by atoms with E-state index < -0.39 is 5.91 Å². The summed E-state index contributed by atoms with van der Waals surface area (Å²) in [6.45, 7) is 1.12. The molecule has 0 bridgehead atoms. The molecule has 1 heterocycles. The Morgan fingerprint density at radius 2 is 1.79 bits per heavy atom. The van der Waals surface area contributed by atoms with Crippen LogP contribution in [-0.2, 0) is 4.79 Å². The number of benzene rings is 1. The molecule has 2 aliphatic rings. The highest BCUT2D eigenvalue weighted by molar-refractivity contribution is 5.95. The number of hydrogen-bond acceptors (Lipinski definition) is 3. The molecule has 1 atom stereocenters. The van der Waals surface area contributed by atoms with Crippen molar-refractivity contribution >= 4 is 23.5 Å². The molecule has 1 aliphatic heterocycles. The van der Waals surface area contributed by atoms with Gasteiger partial charge in [-0.3, -0.25) is 9.59 Å². The lowest BCUT2D eigenvalue weighted by atomic mass is 9.97. The van der Waals surface area contributed by atoms with Gasteiger partial charge in [-0.15, -0.1) is 0 Å². The molecule has 1 saturated carbocycles. The topological polar surface area (TPSA) is 105 Å². The monoisotopic (exact) mass is 330 g/mol. The summed E-state index contributed by atoms with van der Waals surface area (Å²) in [5, 5.41) is 5.80. The molecule has 4 N–H and O–H groups in total. The zero-order valence-corrected chi connectivity index (χ0v) is 13.5. The summed E-state index contributed by atoms with van der Waals surface area (Å²) >= 11 is 0. The van der Waals surface area contributed by atoms with Crippen molar-refractivity contribution in [1.82, 2.24) is 10.2 Å². The second-order valence-corrected chi connectivity index (χ2v) is 6.44. The minimum absolute atomic E-state index is 0.0687. The molecule has 1 aromatic carbocycles. The molecule has 7 heteroatoms. The number of amides is 4. The van der Waals surface area contributed by atoms with Gasteiger partial charge < -0.3 is 21.3 Å². The summed E-state index contributed by atoms with van der Waals surface area (Å²) in [6, 6.07) is 6.70. The van der Waals surface area contributed by atoms with Gasteiger partial charge in [-0.1, -0.05) is 0 Å². The number of nitrogens with zero attached hydrogens (tertiary/aromatic N) is 1. The van der Waals surface area contributed by atoms with Gasteiger partial charge in [-0.25, -0.2) is 4.79 Å². The van der Waals surface area contributed by atoms with Crippen molar-refractivity contribution in [3.63, 3.8) is 0 Å². The lowest BCUT2D eigenvalue weighted by molar-refractivity contribution is -0.121. The molecule has 1 aromatic rings. The van der Waals surface area contributed by atoms with E-state index in [1.54, 1.807) is 29.2 Å². The van der Waals surface area contributed by atoms with Crippen LogP contribution >= 0.6 is 0 Å². The Labute approximate surface area is 140 Å². The number of hydrogen-bond donors (Lipinski definition) is 3. The van der Waals surface area contributed by atoms with Gasteiger partial charge >= 0.3 is 6.03 Å². The van der Waals surface area contributed by atoms with Crippen molar-refractivity contribution < 1.29 is 14.4 Å². The van der Waals surface area contributed by atoms with Gasteiger partial charge in [-0.2, -0.15) is 0 Å². The summed E-state index contributed by atoms with van der Waals surface area (Å²) < 4.78 is 0. The number of rotatable bonds is 4. The van der Waals surface area contributed by atoms with Crippen molar-refractivity contribution in [2.75, 3.05) is 18.4 Å². The average molecular weight is 330 g/mol. The maximum absolute atomic E-state index is 12.4. The largest absolute Gasteiger partial charge is 0.366 e. The maximum Gasteiger partial charge on any atom is 0.317 e. The summed E-state index contributed by atoms with van der Waals surface area (Å²) in [5.74, 6) is -0.831. The number of primary amides is 1. The Morgan fingerprint density at radius 3 is 2.42 bits per heavy atom. The molecule has 2 fully saturated rings. The summed E-state index contributed by atoms with van der Waals surface area (Å²) in [7, 11) is 0. The zero-order valence-electron chi connectivity index (χ0n) is 13.5. The fourth-order valence-corrected chi connectivity index (χ4v) is 2.83. The lowest BCUT2D eigenvalue weighted by Crippen LogP contribution is -2.48. The average Bonchev–Trinajstić information content (AvgIpc) is 3.39. The van der Waals surface area contributed by atoms with Crippen LogP contribution in [0.1, 0.15) is 36.0 Å². The lowest BCUT2D eigenvalue weighted by Gasteiger charge is -2.32. The predicted octanol–water partition coefficient (Wildman–Crippen LogP) is 1.31. The molecule has 7 nitrogen and oxygen atoms in total. The van der Waals surface area contributed by atoms with Crippen LogP contribution < -0.4 is 16.4 Å². The quantitative estimate of drug-likeness (QED) is 0.775. The smallest absolute Gasteiger partial charge is 0.317 e. The maximum atomic E-state index is 12.4. The number of nitrogens with one attached hydrogen (secondary N) is 2. The van der Waals surface area contributed by atoms with Crippen LogP contribution in [0.5, 0.6) is 0 Å². The van der Waals surface area contributed by atoms with Gasteiger partial charge in [0.2, 0.25) is 11.8 Å². The van der Waals surface area contributed by atoms with E-state index in [0.29, 0.717) is 30.4 Å². The van der Waals surface area contributed by atoms with Crippen LogP contribution in [0.4, 0.5) is 10.5 Å². The van der Waals surface area contributed by atoms with Crippen LogP contribution in [0.15, 0.2) is 24.3 Å². The van der Waals surface area contributed by atoms with E-state index >= 15 is 0 Å². The molecule has 3 rings (SSSR count). The van der Waals surface area contributed by atoms with E-state index in [2.05, 4.69) is 10.6 Å². The number of carbonyl (C=O) groups is 3. The van der Waals surface area contributed by atoms with Gasteiger partial charge in [0.25, 0.3) is 0 Å².